The van der Waals surface area contributed by atoms with Crippen LogP contribution in [0.3, 0.4) is 0 Å². The van der Waals surface area contributed by atoms with Gasteiger partial charge in [0.2, 0.25) is 5.91 Å². The number of rotatable bonds is 4. The number of amides is 1. The van der Waals surface area contributed by atoms with Crippen molar-refractivity contribution in [1.29, 1.82) is 0 Å². The van der Waals surface area contributed by atoms with Gasteiger partial charge >= 0.3 is 5.97 Å². The van der Waals surface area contributed by atoms with Crippen LogP contribution in [0.2, 0.25) is 0 Å². The molecule has 1 aliphatic rings. The van der Waals surface area contributed by atoms with E-state index in [1.54, 1.807) is 0 Å². The Bertz CT molecular complexity index is 563. The molecule has 0 unspecified atom stereocenters. The van der Waals surface area contributed by atoms with Gasteiger partial charge in [-0.05, 0) is 43.9 Å². The van der Waals surface area contributed by atoms with E-state index in [0.717, 1.165) is 30.9 Å². The average Bonchev–Trinajstić information content (AvgIpc) is 2.42. The highest BCUT2D eigenvalue weighted by atomic mass is 16.4. The molecule has 5 nitrogen and oxygen atoms in total. The number of phenolic OH excluding ortho intramolecular Hbond substituents is 1. The molecule has 1 aromatic rings. The first-order chi connectivity index (χ1) is 9.56. The van der Waals surface area contributed by atoms with Crippen molar-refractivity contribution >= 4 is 17.6 Å². The molecule has 2 rings (SSSR count). The first-order valence-corrected chi connectivity index (χ1v) is 6.60. The van der Waals surface area contributed by atoms with Crippen LogP contribution in [0.5, 0.6) is 5.75 Å². The summed E-state index contributed by atoms with van der Waals surface area (Å²) >= 11 is 0. The summed E-state index contributed by atoms with van der Waals surface area (Å²) in [5, 5.41) is 21.1. The third kappa shape index (κ3) is 3.60. The molecule has 1 aliphatic carbocycles. The molecule has 1 aromatic carbocycles. The van der Waals surface area contributed by atoms with Gasteiger partial charge in [0.25, 0.3) is 0 Å². The van der Waals surface area contributed by atoms with E-state index in [4.69, 9.17) is 5.11 Å². The Kier molecular flexibility index (Phi) is 4.40. The number of carbonyl (C=O) groups excluding carboxylic acids is 1. The van der Waals surface area contributed by atoms with Gasteiger partial charge in [-0.3, -0.25) is 4.79 Å². The Morgan fingerprint density at radius 3 is 2.65 bits per heavy atom. The number of benzene rings is 1. The van der Waals surface area contributed by atoms with Gasteiger partial charge in [0.15, 0.2) is 0 Å². The van der Waals surface area contributed by atoms with E-state index in [0.29, 0.717) is 6.42 Å². The lowest BCUT2D eigenvalue weighted by molar-refractivity contribution is -0.115. The van der Waals surface area contributed by atoms with Crippen LogP contribution >= 0.6 is 0 Å². The van der Waals surface area contributed by atoms with Crippen molar-refractivity contribution in [2.75, 3.05) is 5.32 Å². The first-order valence-electron chi connectivity index (χ1n) is 6.60. The summed E-state index contributed by atoms with van der Waals surface area (Å²) in [7, 11) is 0. The molecule has 106 valence electrons. The minimum atomic E-state index is -1.12. The fraction of sp³-hybridized carbons (Fsp3) is 0.333. The highest BCUT2D eigenvalue weighted by Crippen LogP contribution is 2.26. The molecular formula is C15H17NO4. The number of nitrogens with one attached hydrogen (secondary N) is 1. The number of anilines is 1. The Labute approximate surface area is 116 Å². The van der Waals surface area contributed by atoms with Crippen LogP contribution in [0, 0.1) is 0 Å². The Balaban J connectivity index is 2.00. The van der Waals surface area contributed by atoms with Gasteiger partial charge in [-0.1, -0.05) is 11.6 Å². The number of hydrogen-bond acceptors (Lipinski definition) is 3. The summed E-state index contributed by atoms with van der Waals surface area (Å²) < 4.78 is 0. The second-order valence-electron chi connectivity index (χ2n) is 4.87. The fourth-order valence-corrected chi connectivity index (χ4v) is 2.24. The van der Waals surface area contributed by atoms with Crippen LogP contribution in [-0.2, 0) is 4.79 Å². The number of allylic oxidation sites excluding steroid dienone is 1. The molecule has 0 heterocycles. The van der Waals surface area contributed by atoms with Crippen molar-refractivity contribution in [1.82, 2.24) is 0 Å². The van der Waals surface area contributed by atoms with E-state index in [1.165, 1.54) is 18.6 Å². The lowest BCUT2D eigenvalue weighted by Gasteiger charge is -2.13. The smallest absolute Gasteiger partial charge is 0.335 e. The highest BCUT2D eigenvalue weighted by Gasteiger charge is 2.12. The Morgan fingerprint density at radius 1 is 1.25 bits per heavy atom. The van der Waals surface area contributed by atoms with Gasteiger partial charge in [0.05, 0.1) is 11.3 Å². The molecule has 0 saturated heterocycles. The van der Waals surface area contributed by atoms with Crippen LogP contribution in [0.15, 0.2) is 29.8 Å². The zero-order valence-corrected chi connectivity index (χ0v) is 11.1. The molecular weight excluding hydrogens is 258 g/mol. The number of hydrogen-bond donors (Lipinski definition) is 3. The molecule has 0 fully saturated rings. The maximum atomic E-state index is 11.9. The van der Waals surface area contributed by atoms with E-state index in [1.807, 2.05) is 0 Å². The molecule has 3 N–H and O–H groups in total. The molecule has 0 saturated carbocycles. The van der Waals surface area contributed by atoms with Crippen molar-refractivity contribution in [2.45, 2.75) is 32.1 Å². The van der Waals surface area contributed by atoms with Crippen LogP contribution < -0.4 is 5.32 Å². The maximum absolute atomic E-state index is 11.9. The zero-order valence-electron chi connectivity index (χ0n) is 11.1. The summed E-state index contributed by atoms with van der Waals surface area (Å²) in [6.07, 6.45) is 6.65. The van der Waals surface area contributed by atoms with Gasteiger partial charge in [-0.15, -0.1) is 0 Å². The molecule has 0 bridgehead atoms. The molecule has 20 heavy (non-hydrogen) atoms. The standard InChI is InChI=1S/C15H17NO4/c17-13-9-11(15(19)20)6-7-12(13)16-14(18)8-10-4-2-1-3-5-10/h4,6-7,9,17H,1-3,5,8H2,(H,16,18)(H,19,20). The monoisotopic (exact) mass is 275 g/mol. The second-order valence-corrected chi connectivity index (χ2v) is 4.87. The van der Waals surface area contributed by atoms with Crippen molar-refractivity contribution < 1.29 is 19.8 Å². The number of phenols is 1. The molecule has 0 aliphatic heterocycles. The van der Waals surface area contributed by atoms with Crippen molar-refractivity contribution in [3.8, 4) is 5.75 Å². The van der Waals surface area contributed by atoms with Gasteiger partial charge in [-0.25, -0.2) is 4.79 Å². The Morgan fingerprint density at radius 2 is 2.05 bits per heavy atom. The minimum absolute atomic E-state index is 0.0181. The minimum Gasteiger partial charge on any atom is -0.506 e. The molecule has 0 aromatic heterocycles. The van der Waals surface area contributed by atoms with E-state index in [9.17, 15) is 14.7 Å². The number of carboxylic acid groups (broad SMARTS) is 1. The van der Waals surface area contributed by atoms with Crippen LogP contribution in [-0.4, -0.2) is 22.1 Å². The summed E-state index contributed by atoms with van der Waals surface area (Å²) in [6.45, 7) is 0. The molecule has 0 atom stereocenters. The molecule has 0 radical (unpaired) electrons. The number of aromatic carboxylic acids is 1. The van der Waals surface area contributed by atoms with Crippen LogP contribution in [0.1, 0.15) is 42.5 Å². The molecule has 5 heteroatoms. The van der Waals surface area contributed by atoms with Crippen molar-refractivity contribution in [2.24, 2.45) is 0 Å². The maximum Gasteiger partial charge on any atom is 0.335 e. The quantitative estimate of drug-likeness (QED) is 0.582. The third-order valence-electron chi connectivity index (χ3n) is 3.29. The second kappa shape index (κ2) is 6.23. The summed E-state index contributed by atoms with van der Waals surface area (Å²) in [4.78, 5) is 22.6. The largest absolute Gasteiger partial charge is 0.506 e. The lowest BCUT2D eigenvalue weighted by atomic mass is 9.97. The van der Waals surface area contributed by atoms with Crippen molar-refractivity contribution in [3.05, 3.63) is 35.4 Å². The van der Waals surface area contributed by atoms with E-state index in [2.05, 4.69) is 11.4 Å². The topological polar surface area (TPSA) is 86.6 Å². The molecule has 0 spiro atoms. The number of aromatic hydroxyl groups is 1. The SMILES string of the molecule is O=C(CC1=CCCCC1)Nc1ccc(C(=O)O)cc1O. The van der Waals surface area contributed by atoms with Gasteiger partial charge < -0.3 is 15.5 Å². The van der Waals surface area contributed by atoms with Crippen molar-refractivity contribution in [3.63, 3.8) is 0 Å². The molecule has 1 amide bonds. The lowest BCUT2D eigenvalue weighted by Crippen LogP contribution is -2.13. The van der Waals surface area contributed by atoms with Gasteiger partial charge in [0.1, 0.15) is 5.75 Å². The van der Waals surface area contributed by atoms with Crippen LogP contribution in [0.4, 0.5) is 5.69 Å². The number of carboxylic acids is 1. The average molecular weight is 275 g/mol. The van der Waals surface area contributed by atoms with Gasteiger partial charge in [-0.2, -0.15) is 0 Å². The van der Waals surface area contributed by atoms with E-state index >= 15 is 0 Å². The summed E-state index contributed by atoms with van der Waals surface area (Å²) in [6, 6.07) is 3.86. The van der Waals surface area contributed by atoms with E-state index < -0.39 is 5.97 Å². The third-order valence-corrected chi connectivity index (χ3v) is 3.29. The normalized spacial score (nSPS) is 14.5. The van der Waals surface area contributed by atoms with Crippen LogP contribution in [0.25, 0.3) is 0 Å². The zero-order chi connectivity index (χ0) is 14.5. The van der Waals surface area contributed by atoms with E-state index in [-0.39, 0.29) is 22.9 Å². The summed E-state index contributed by atoms with van der Waals surface area (Å²) in [5.41, 5.74) is 1.34. The highest BCUT2D eigenvalue weighted by molar-refractivity contribution is 5.95. The fourth-order valence-electron chi connectivity index (χ4n) is 2.24. The van der Waals surface area contributed by atoms with Gasteiger partial charge in [0, 0.05) is 6.42 Å². The Hall–Kier alpha value is -2.30. The predicted molar refractivity (Wildman–Crippen MR) is 74.9 cm³/mol. The first kappa shape index (κ1) is 14.1. The summed E-state index contributed by atoms with van der Waals surface area (Å²) in [5.74, 6) is -1.56. The predicted octanol–water partition coefficient (Wildman–Crippen LogP) is 2.92. The number of carbonyl (C=O) groups is 2.